The molecule has 144 valence electrons. The molecule has 0 saturated heterocycles. The maximum absolute atomic E-state index is 12.6. The molecule has 0 fully saturated rings. The van der Waals surface area contributed by atoms with Gasteiger partial charge in [-0.05, 0) is 43.2 Å². The van der Waals surface area contributed by atoms with Gasteiger partial charge in [0, 0.05) is 5.56 Å². The summed E-state index contributed by atoms with van der Waals surface area (Å²) in [6.07, 6.45) is 3.44. The van der Waals surface area contributed by atoms with E-state index in [2.05, 4.69) is 11.9 Å². The number of aryl methyl sites for hydroxylation is 1. The van der Waals surface area contributed by atoms with E-state index in [1.165, 1.54) is 15.9 Å². The van der Waals surface area contributed by atoms with Crippen LogP contribution in [0.1, 0.15) is 40.9 Å². The van der Waals surface area contributed by atoms with Gasteiger partial charge < -0.3 is 5.32 Å². The molecule has 2 rings (SSSR count). The van der Waals surface area contributed by atoms with E-state index in [0.717, 1.165) is 18.2 Å². The summed E-state index contributed by atoms with van der Waals surface area (Å²) in [5.41, 5.74) is 3.21. The average molecular weight is 387 g/mol. The zero-order chi connectivity index (χ0) is 20.0. The minimum absolute atomic E-state index is 0.0777. The Hall–Kier alpha value is -2.60. The molecule has 1 amide bonds. The molecule has 0 aliphatic rings. The summed E-state index contributed by atoms with van der Waals surface area (Å²) in [4.78, 5) is 12.6. The van der Waals surface area contributed by atoms with E-state index in [1.807, 2.05) is 38.1 Å². The summed E-state index contributed by atoms with van der Waals surface area (Å²) in [6, 6.07) is 14.5. The zero-order valence-corrected chi connectivity index (χ0v) is 16.8. The predicted molar refractivity (Wildman–Crippen MR) is 111 cm³/mol. The lowest BCUT2D eigenvalue weighted by atomic mass is 10.0. The highest BCUT2D eigenvalue weighted by atomic mass is 32.2. The molecule has 0 radical (unpaired) electrons. The number of nitrogens with one attached hydrogen (secondary N) is 1. The van der Waals surface area contributed by atoms with Crippen molar-refractivity contribution in [2.45, 2.75) is 26.3 Å². The fraction of sp³-hybridized carbons (Fsp3) is 0.286. The van der Waals surface area contributed by atoms with Gasteiger partial charge in [0.2, 0.25) is 10.0 Å². The molecule has 2 aromatic rings. The van der Waals surface area contributed by atoms with Gasteiger partial charge in [-0.1, -0.05) is 42.8 Å². The van der Waals surface area contributed by atoms with E-state index in [0.29, 0.717) is 11.3 Å². The molecule has 0 unspecified atom stereocenters. The second-order valence-electron chi connectivity index (χ2n) is 6.47. The van der Waals surface area contributed by atoms with Crippen LogP contribution < -0.4 is 9.62 Å². The third-order valence-electron chi connectivity index (χ3n) is 4.31. The van der Waals surface area contributed by atoms with Gasteiger partial charge in [0.15, 0.2) is 0 Å². The third kappa shape index (κ3) is 5.44. The molecular formula is C21H26N2O3S. The lowest BCUT2D eigenvalue weighted by Gasteiger charge is -2.21. The zero-order valence-electron chi connectivity index (χ0n) is 16.0. The summed E-state index contributed by atoms with van der Waals surface area (Å²) in [7, 11) is -3.41. The van der Waals surface area contributed by atoms with Crippen LogP contribution in [0.5, 0.6) is 0 Å². The van der Waals surface area contributed by atoms with Crippen molar-refractivity contribution in [2.24, 2.45) is 0 Å². The summed E-state index contributed by atoms with van der Waals surface area (Å²) in [5.74, 6) is -0.191. The first-order valence-electron chi connectivity index (χ1n) is 8.82. The van der Waals surface area contributed by atoms with E-state index < -0.39 is 10.0 Å². The average Bonchev–Trinajstić information content (AvgIpc) is 2.64. The number of sulfonamides is 1. The van der Waals surface area contributed by atoms with E-state index >= 15 is 0 Å². The van der Waals surface area contributed by atoms with E-state index in [-0.39, 0.29) is 18.5 Å². The fourth-order valence-electron chi connectivity index (χ4n) is 2.79. The molecule has 1 atom stereocenters. The molecule has 5 nitrogen and oxygen atoms in total. The lowest BCUT2D eigenvalue weighted by molar-refractivity contribution is 0.0935. The Morgan fingerprint density at radius 3 is 2.22 bits per heavy atom. The number of amides is 1. The molecule has 0 saturated carbocycles. The first-order valence-corrected chi connectivity index (χ1v) is 10.7. The predicted octanol–water partition coefficient (Wildman–Crippen LogP) is 3.83. The van der Waals surface area contributed by atoms with Crippen LogP contribution in [0.15, 0.2) is 61.2 Å². The first kappa shape index (κ1) is 20.7. The van der Waals surface area contributed by atoms with Gasteiger partial charge in [0.05, 0.1) is 24.5 Å². The van der Waals surface area contributed by atoms with Crippen LogP contribution in [0, 0.1) is 6.92 Å². The first-order chi connectivity index (χ1) is 12.8. The van der Waals surface area contributed by atoms with Crippen molar-refractivity contribution in [1.29, 1.82) is 0 Å². The standard InChI is InChI=1S/C21H26N2O3S/c1-5-15-23(27(4,25)26)19-13-11-18(12-14-19)21(24)22-20(6-2)17-9-7-16(3)8-10-17/h5,7-14,20H,1,6,15H2,2-4H3,(H,22,24)/t20-/m1/s1. The van der Waals surface area contributed by atoms with Crippen LogP contribution in [-0.2, 0) is 10.0 Å². The molecule has 0 heterocycles. The summed E-state index contributed by atoms with van der Waals surface area (Å²) in [5, 5.41) is 3.04. The van der Waals surface area contributed by atoms with E-state index in [1.54, 1.807) is 24.3 Å². The van der Waals surface area contributed by atoms with Crippen molar-refractivity contribution in [3.8, 4) is 0 Å². The van der Waals surface area contributed by atoms with Gasteiger partial charge in [0.1, 0.15) is 0 Å². The number of hydrogen-bond acceptors (Lipinski definition) is 3. The smallest absolute Gasteiger partial charge is 0.251 e. The number of hydrogen-bond donors (Lipinski definition) is 1. The second kappa shape index (κ2) is 8.86. The summed E-state index contributed by atoms with van der Waals surface area (Å²) >= 11 is 0. The Morgan fingerprint density at radius 2 is 1.74 bits per heavy atom. The highest BCUT2D eigenvalue weighted by Crippen LogP contribution is 2.20. The Balaban J connectivity index is 2.16. The normalized spacial score (nSPS) is 12.3. The molecule has 0 bridgehead atoms. The molecule has 2 aromatic carbocycles. The van der Waals surface area contributed by atoms with Crippen molar-refractivity contribution < 1.29 is 13.2 Å². The minimum atomic E-state index is -3.41. The van der Waals surface area contributed by atoms with Crippen molar-refractivity contribution >= 4 is 21.6 Å². The lowest BCUT2D eigenvalue weighted by Crippen LogP contribution is -2.30. The number of nitrogens with zero attached hydrogens (tertiary/aromatic N) is 1. The number of anilines is 1. The SMILES string of the molecule is C=CCN(c1ccc(C(=O)N[C@H](CC)c2ccc(C)cc2)cc1)S(C)(=O)=O. The maximum Gasteiger partial charge on any atom is 0.251 e. The molecule has 0 aliphatic heterocycles. The minimum Gasteiger partial charge on any atom is -0.345 e. The van der Waals surface area contributed by atoms with Crippen molar-refractivity contribution in [1.82, 2.24) is 5.32 Å². The molecule has 6 heteroatoms. The maximum atomic E-state index is 12.6. The van der Waals surface area contributed by atoms with Gasteiger partial charge in [0.25, 0.3) is 5.91 Å². The molecule has 1 N–H and O–H groups in total. The Bertz CT molecular complexity index is 888. The van der Waals surface area contributed by atoms with Crippen LogP contribution in [0.25, 0.3) is 0 Å². The number of carbonyl (C=O) groups is 1. The van der Waals surface area contributed by atoms with Gasteiger partial charge >= 0.3 is 0 Å². The van der Waals surface area contributed by atoms with Crippen LogP contribution in [-0.4, -0.2) is 27.1 Å². The third-order valence-corrected chi connectivity index (χ3v) is 5.47. The molecule has 0 aromatic heterocycles. The number of benzene rings is 2. The largest absolute Gasteiger partial charge is 0.345 e. The topological polar surface area (TPSA) is 66.5 Å². The Kier molecular flexibility index (Phi) is 6.80. The van der Waals surface area contributed by atoms with Crippen LogP contribution in [0.3, 0.4) is 0 Å². The monoisotopic (exact) mass is 386 g/mol. The van der Waals surface area contributed by atoms with Crippen molar-refractivity contribution in [3.63, 3.8) is 0 Å². The molecule has 27 heavy (non-hydrogen) atoms. The Morgan fingerprint density at radius 1 is 1.15 bits per heavy atom. The second-order valence-corrected chi connectivity index (χ2v) is 8.38. The van der Waals surface area contributed by atoms with Crippen LogP contribution >= 0.6 is 0 Å². The number of rotatable bonds is 8. The van der Waals surface area contributed by atoms with Crippen LogP contribution in [0.2, 0.25) is 0 Å². The highest BCUT2D eigenvalue weighted by molar-refractivity contribution is 7.92. The van der Waals surface area contributed by atoms with Gasteiger partial charge in [-0.2, -0.15) is 0 Å². The molecular weight excluding hydrogens is 360 g/mol. The highest BCUT2D eigenvalue weighted by Gasteiger charge is 2.17. The van der Waals surface area contributed by atoms with Gasteiger partial charge in [-0.25, -0.2) is 8.42 Å². The van der Waals surface area contributed by atoms with Crippen molar-refractivity contribution in [3.05, 3.63) is 77.9 Å². The Labute approximate surface area is 161 Å². The van der Waals surface area contributed by atoms with Crippen LogP contribution in [0.4, 0.5) is 5.69 Å². The molecule has 0 aliphatic carbocycles. The quantitative estimate of drug-likeness (QED) is 0.701. The van der Waals surface area contributed by atoms with E-state index in [9.17, 15) is 13.2 Å². The van der Waals surface area contributed by atoms with Gasteiger partial charge in [-0.15, -0.1) is 6.58 Å². The molecule has 0 spiro atoms. The summed E-state index contributed by atoms with van der Waals surface area (Å²) in [6.45, 7) is 7.81. The number of carbonyl (C=O) groups excluding carboxylic acids is 1. The van der Waals surface area contributed by atoms with E-state index in [4.69, 9.17) is 0 Å². The fourth-order valence-corrected chi connectivity index (χ4v) is 3.67. The van der Waals surface area contributed by atoms with Gasteiger partial charge in [-0.3, -0.25) is 9.10 Å². The summed E-state index contributed by atoms with van der Waals surface area (Å²) < 4.78 is 25.0. The van der Waals surface area contributed by atoms with Crippen molar-refractivity contribution in [2.75, 3.05) is 17.1 Å².